The summed E-state index contributed by atoms with van der Waals surface area (Å²) in [4.78, 5) is 25.7. The molecule has 2 aliphatic heterocycles. The Hall–Kier alpha value is -1.67. The third-order valence-corrected chi connectivity index (χ3v) is 5.30. The topological polar surface area (TPSA) is 83.8 Å². The van der Waals surface area contributed by atoms with Crippen molar-refractivity contribution in [3.05, 3.63) is 28.2 Å². The molecule has 2 unspecified atom stereocenters. The van der Waals surface area contributed by atoms with Crippen LogP contribution in [-0.2, 0) is 4.74 Å². The summed E-state index contributed by atoms with van der Waals surface area (Å²) < 4.78 is 7.19. The number of aromatic hydroxyl groups is 1. The molecule has 2 fully saturated rings. The lowest BCUT2D eigenvalue weighted by Gasteiger charge is -2.43. The maximum Gasteiger partial charge on any atom is 0.278 e. The molecule has 1 aromatic heterocycles. The minimum absolute atomic E-state index is 0.00387. The third kappa shape index (κ3) is 2.18. The van der Waals surface area contributed by atoms with Gasteiger partial charge in [-0.3, -0.25) is 14.3 Å². The average Bonchev–Trinajstić information content (AvgIpc) is 3.28. The number of aromatic nitrogens is 1. The van der Waals surface area contributed by atoms with Gasteiger partial charge in [0.15, 0.2) is 11.4 Å². The number of ether oxygens (including phenoxy) is 1. The lowest BCUT2D eigenvalue weighted by molar-refractivity contribution is -0.0165. The standard InChI is InChI=1S/C13H15N3O4S/c17-8-3-4-16-11(12(8)18)13(19)15-5-10(21-7-1-2-7)20-6-9(15)14-16/h3-4,7,9-10,14,18H,1-2,5-6H2. The van der Waals surface area contributed by atoms with Crippen LogP contribution >= 0.6 is 11.8 Å². The molecule has 0 aromatic carbocycles. The molecule has 8 heteroatoms. The molecule has 21 heavy (non-hydrogen) atoms. The highest BCUT2D eigenvalue weighted by Gasteiger charge is 2.40. The van der Waals surface area contributed by atoms with Gasteiger partial charge < -0.3 is 20.2 Å². The third-order valence-electron chi connectivity index (χ3n) is 3.86. The summed E-state index contributed by atoms with van der Waals surface area (Å²) in [6.07, 6.45) is 3.60. The van der Waals surface area contributed by atoms with Crippen molar-refractivity contribution in [3.8, 4) is 5.75 Å². The summed E-state index contributed by atoms with van der Waals surface area (Å²) in [7, 11) is 0. The van der Waals surface area contributed by atoms with Crippen molar-refractivity contribution in [3.63, 3.8) is 0 Å². The zero-order chi connectivity index (χ0) is 14.6. The van der Waals surface area contributed by atoms with Gasteiger partial charge in [-0.2, -0.15) is 0 Å². The molecule has 2 N–H and O–H groups in total. The number of hydrogen-bond donors (Lipinski definition) is 2. The van der Waals surface area contributed by atoms with Crippen LogP contribution in [0.4, 0.5) is 0 Å². The van der Waals surface area contributed by atoms with Crippen LogP contribution in [-0.4, -0.2) is 50.6 Å². The molecule has 1 aliphatic carbocycles. The maximum atomic E-state index is 12.6. The first kappa shape index (κ1) is 13.0. The van der Waals surface area contributed by atoms with Gasteiger partial charge in [-0.25, -0.2) is 0 Å². The molecule has 7 nitrogen and oxygen atoms in total. The second-order valence-corrected chi connectivity index (χ2v) is 6.91. The fourth-order valence-electron chi connectivity index (χ4n) is 2.60. The fraction of sp³-hybridized carbons (Fsp3) is 0.538. The number of nitrogens with zero attached hydrogens (tertiary/aromatic N) is 2. The molecule has 2 atom stereocenters. The lowest BCUT2D eigenvalue weighted by Crippen LogP contribution is -2.60. The number of hydrogen-bond acceptors (Lipinski definition) is 6. The predicted molar refractivity (Wildman–Crippen MR) is 76.9 cm³/mol. The van der Waals surface area contributed by atoms with E-state index < -0.39 is 11.2 Å². The van der Waals surface area contributed by atoms with E-state index in [0.29, 0.717) is 18.4 Å². The van der Waals surface area contributed by atoms with E-state index in [0.717, 1.165) is 0 Å². The SMILES string of the molecule is O=C1c2c(O)c(=O)ccn2NC2COC(SC3CC3)CN12. The number of morpholine rings is 1. The number of carbonyl (C=O) groups is 1. The molecule has 0 bridgehead atoms. The smallest absolute Gasteiger partial charge is 0.278 e. The first-order valence-corrected chi connectivity index (χ1v) is 7.87. The van der Waals surface area contributed by atoms with E-state index >= 15 is 0 Å². The van der Waals surface area contributed by atoms with E-state index in [2.05, 4.69) is 5.43 Å². The highest BCUT2D eigenvalue weighted by molar-refractivity contribution is 8.00. The van der Waals surface area contributed by atoms with Gasteiger partial charge in [0.05, 0.1) is 13.2 Å². The summed E-state index contributed by atoms with van der Waals surface area (Å²) in [6, 6.07) is 1.23. The lowest BCUT2D eigenvalue weighted by atomic mass is 10.2. The molecule has 0 radical (unpaired) electrons. The molecule has 1 amide bonds. The largest absolute Gasteiger partial charge is 0.502 e. The Kier molecular flexibility index (Phi) is 2.90. The number of nitrogens with one attached hydrogen (secondary N) is 1. The Morgan fingerprint density at radius 3 is 2.95 bits per heavy atom. The Morgan fingerprint density at radius 2 is 2.19 bits per heavy atom. The normalized spacial score (nSPS) is 27.8. The van der Waals surface area contributed by atoms with E-state index in [1.165, 1.54) is 29.8 Å². The average molecular weight is 309 g/mol. The highest BCUT2D eigenvalue weighted by atomic mass is 32.2. The Morgan fingerprint density at radius 1 is 1.38 bits per heavy atom. The fourth-order valence-corrected chi connectivity index (χ4v) is 3.84. The van der Waals surface area contributed by atoms with Crippen LogP contribution in [0.15, 0.2) is 17.1 Å². The van der Waals surface area contributed by atoms with Gasteiger partial charge >= 0.3 is 0 Å². The molecule has 4 rings (SSSR count). The van der Waals surface area contributed by atoms with Gasteiger partial charge in [-0.05, 0) is 12.8 Å². The predicted octanol–water partition coefficient (Wildman–Crippen LogP) is 0.131. The van der Waals surface area contributed by atoms with E-state index in [9.17, 15) is 14.7 Å². The summed E-state index contributed by atoms with van der Waals surface area (Å²) in [5.74, 6) is -0.843. The number of rotatable bonds is 2. The van der Waals surface area contributed by atoms with E-state index in [-0.39, 0.29) is 23.2 Å². The minimum atomic E-state index is -0.549. The van der Waals surface area contributed by atoms with E-state index in [4.69, 9.17) is 4.74 Å². The second kappa shape index (κ2) is 4.67. The molecule has 1 saturated carbocycles. The first-order chi connectivity index (χ1) is 10.1. The Balaban J connectivity index is 1.63. The van der Waals surface area contributed by atoms with E-state index in [1.807, 2.05) is 0 Å². The zero-order valence-corrected chi connectivity index (χ0v) is 12.0. The summed E-state index contributed by atoms with van der Waals surface area (Å²) in [5.41, 5.74) is 2.48. The molecule has 0 spiro atoms. The minimum Gasteiger partial charge on any atom is -0.502 e. The van der Waals surface area contributed by atoms with Crippen molar-refractivity contribution in [1.29, 1.82) is 0 Å². The van der Waals surface area contributed by atoms with Crippen LogP contribution in [0.1, 0.15) is 23.3 Å². The molecular weight excluding hydrogens is 294 g/mol. The van der Waals surface area contributed by atoms with Gasteiger partial charge in [-0.15, -0.1) is 11.8 Å². The number of carbonyl (C=O) groups excluding carboxylic acids is 1. The van der Waals surface area contributed by atoms with Crippen LogP contribution in [0.2, 0.25) is 0 Å². The van der Waals surface area contributed by atoms with E-state index in [1.54, 1.807) is 16.7 Å². The summed E-state index contributed by atoms with van der Waals surface area (Å²) in [6.45, 7) is 0.850. The van der Waals surface area contributed by atoms with Crippen LogP contribution in [0, 0.1) is 0 Å². The van der Waals surface area contributed by atoms with Gasteiger partial charge in [0.1, 0.15) is 11.6 Å². The number of fused-ring (bicyclic) bond motifs is 2. The van der Waals surface area contributed by atoms with Crippen LogP contribution in [0.3, 0.4) is 0 Å². The van der Waals surface area contributed by atoms with Crippen molar-refractivity contribution in [1.82, 2.24) is 9.58 Å². The first-order valence-electron chi connectivity index (χ1n) is 6.92. The molecule has 1 aromatic rings. The molecular formula is C13H15N3O4S. The van der Waals surface area contributed by atoms with Crippen LogP contribution < -0.4 is 10.9 Å². The number of thioether (sulfide) groups is 1. The van der Waals surface area contributed by atoms with Crippen molar-refractivity contribution in [2.24, 2.45) is 0 Å². The van der Waals surface area contributed by atoms with Gasteiger partial charge in [0.25, 0.3) is 5.91 Å². The van der Waals surface area contributed by atoms with Crippen LogP contribution in [0.5, 0.6) is 5.75 Å². The van der Waals surface area contributed by atoms with Crippen molar-refractivity contribution >= 4 is 17.7 Å². The van der Waals surface area contributed by atoms with Gasteiger partial charge in [0.2, 0.25) is 5.43 Å². The highest BCUT2D eigenvalue weighted by Crippen LogP contribution is 2.39. The van der Waals surface area contributed by atoms with Crippen molar-refractivity contribution in [2.45, 2.75) is 29.7 Å². The monoisotopic (exact) mass is 309 g/mol. The van der Waals surface area contributed by atoms with Gasteiger partial charge in [-0.1, -0.05) is 0 Å². The maximum absolute atomic E-state index is 12.6. The molecule has 3 heterocycles. The van der Waals surface area contributed by atoms with Crippen molar-refractivity contribution < 1.29 is 14.6 Å². The van der Waals surface area contributed by atoms with Crippen molar-refractivity contribution in [2.75, 3.05) is 18.6 Å². The zero-order valence-electron chi connectivity index (χ0n) is 11.2. The quantitative estimate of drug-likeness (QED) is 0.808. The number of amides is 1. The molecule has 1 saturated heterocycles. The molecule has 3 aliphatic rings. The Labute approximate surface area is 124 Å². The van der Waals surface area contributed by atoms with Gasteiger partial charge in [0, 0.05) is 17.5 Å². The number of pyridine rings is 1. The summed E-state index contributed by atoms with van der Waals surface area (Å²) >= 11 is 1.76. The summed E-state index contributed by atoms with van der Waals surface area (Å²) in [5, 5.41) is 10.5. The molecule has 112 valence electrons. The Bertz CT molecular complexity index is 657. The second-order valence-electron chi connectivity index (χ2n) is 5.45. The van der Waals surface area contributed by atoms with Crippen LogP contribution in [0.25, 0.3) is 0 Å².